The van der Waals surface area contributed by atoms with Crippen LogP contribution >= 0.6 is 0 Å². The second-order valence-corrected chi connectivity index (χ2v) is 4.53. The maximum Gasteiger partial charge on any atom is 0.150 e. The molecule has 1 aromatic carbocycles. The lowest BCUT2D eigenvalue weighted by Gasteiger charge is -2.20. The normalized spacial score (nSPS) is 10.4. The Bertz CT molecular complexity index is 557. The molecule has 18 heavy (non-hydrogen) atoms. The van der Waals surface area contributed by atoms with Crippen molar-refractivity contribution in [2.45, 2.75) is 20.4 Å². The molecule has 1 aromatic heterocycles. The monoisotopic (exact) mass is 243 g/mol. The molecule has 0 unspecified atom stereocenters. The van der Waals surface area contributed by atoms with Crippen molar-refractivity contribution in [2.75, 3.05) is 11.9 Å². The second-order valence-electron chi connectivity index (χ2n) is 4.53. The van der Waals surface area contributed by atoms with Gasteiger partial charge in [0, 0.05) is 18.3 Å². The van der Waals surface area contributed by atoms with Gasteiger partial charge in [0.1, 0.15) is 17.8 Å². The maximum absolute atomic E-state index is 10.7. The van der Waals surface area contributed by atoms with Crippen LogP contribution in [-0.2, 0) is 6.54 Å². The minimum absolute atomic E-state index is 0.707. The number of carbonyl (C=O) groups is 1. The van der Waals surface area contributed by atoms with Gasteiger partial charge in [-0.25, -0.2) is 0 Å². The number of hydrogen-bond acceptors (Lipinski definition) is 3. The molecular weight excluding hydrogens is 226 g/mol. The molecule has 1 heterocycles. The molecule has 3 nitrogen and oxygen atoms in total. The lowest BCUT2D eigenvalue weighted by Crippen LogP contribution is -2.17. The largest absolute Gasteiger partial charge is 0.464 e. The molecule has 0 atom stereocenters. The molecule has 0 aliphatic rings. The molecule has 0 saturated carbocycles. The van der Waals surface area contributed by atoms with E-state index in [0.29, 0.717) is 5.56 Å². The van der Waals surface area contributed by atoms with Gasteiger partial charge in [-0.3, -0.25) is 4.79 Å². The van der Waals surface area contributed by atoms with E-state index in [9.17, 15) is 4.79 Å². The van der Waals surface area contributed by atoms with E-state index in [1.165, 1.54) is 0 Å². The van der Waals surface area contributed by atoms with Crippen molar-refractivity contribution in [1.29, 1.82) is 0 Å². The zero-order valence-corrected chi connectivity index (χ0v) is 10.9. The van der Waals surface area contributed by atoms with E-state index in [2.05, 4.69) is 4.90 Å². The zero-order chi connectivity index (χ0) is 13.1. The van der Waals surface area contributed by atoms with Crippen molar-refractivity contribution in [3.63, 3.8) is 0 Å². The fourth-order valence-electron chi connectivity index (χ4n) is 2.07. The average Bonchev–Trinajstić information content (AvgIpc) is 2.74. The first kappa shape index (κ1) is 12.4. The number of aldehydes is 1. The smallest absolute Gasteiger partial charge is 0.150 e. The standard InChI is InChI=1S/C15H17NO2/c1-11-8-13(10-17)5-7-15(11)16(3)9-14-6-4-12(2)18-14/h4-8,10H,9H2,1-3H3. The van der Waals surface area contributed by atoms with E-state index >= 15 is 0 Å². The van der Waals surface area contributed by atoms with Crippen LogP contribution in [0.4, 0.5) is 5.69 Å². The Morgan fingerprint density at radius 1 is 1.22 bits per heavy atom. The highest BCUT2D eigenvalue weighted by molar-refractivity contribution is 5.76. The zero-order valence-electron chi connectivity index (χ0n) is 10.9. The number of furan rings is 1. The van der Waals surface area contributed by atoms with Crippen LogP contribution in [-0.4, -0.2) is 13.3 Å². The van der Waals surface area contributed by atoms with E-state index in [0.717, 1.165) is 35.6 Å². The van der Waals surface area contributed by atoms with Crippen LogP contribution in [0.5, 0.6) is 0 Å². The highest BCUT2D eigenvalue weighted by atomic mass is 16.3. The molecule has 0 fully saturated rings. The van der Waals surface area contributed by atoms with Crippen LogP contribution in [0, 0.1) is 13.8 Å². The molecule has 2 rings (SSSR count). The number of rotatable bonds is 4. The van der Waals surface area contributed by atoms with Crippen molar-refractivity contribution >= 4 is 12.0 Å². The second kappa shape index (κ2) is 5.08. The Hall–Kier alpha value is -2.03. The van der Waals surface area contributed by atoms with Crippen LogP contribution in [0.15, 0.2) is 34.7 Å². The SMILES string of the molecule is Cc1ccc(CN(C)c2ccc(C=O)cc2C)o1. The fraction of sp³-hybridized carbons (Fsp3) is 0.267. The fourth-order valence-corrected chi connectivity index (χ4v) is 2.07. The van der Waals surface area contributed by atoms with Gasteiger partial charge in [-0.1, -0.05) is 0 Å². The van der Waals surface area contributed by atoms with Gasteiger partial charge in [0.15, 0.2) is 0 Å². The minimum atomic E-state index is 0.707. The van der Waals surface area contributed by atoms with E-state index in [1.54, 1.807) is 0 Å². The van der Waals surface area contributed by atoms with E-state index in [4.69, 9.17) is 4.42 Å². The van der Waals surface area contributed by atoms with E-state index in [-0.39, 0.29) is 0 Å². The minimum Gasteiger partial charge on any atom is -0.464 e. The molecule has 0 bridgehead atoms. The Morgan fingerprint density at radius 2 is 2.00 bits per heavy atom. The summed E-state index contributed by atoms with van der Waals surface area (Å²) >= 11 is 0. The summed E-state index contributed by atoms with van der Waals surface area (Å²) in [6.07, 6.45) is 0.868. The Balaban J connectivity index is 2.18. The first-order valence-electron chi connectivity index (χ1n) is 5.92. The van der Waals surface area contributed by atoms with Crippen LogP contribution in [0.1, 0.15) is 27.4 Å². The third-order valence-electron chi connectivity index (χ3n) is 2.96. The summed E-state index contributed by atoms with van der Waals surface area (Å²) in [7, 11) is 2.01. The third kappa shape index (κ3) is 2.62. The highest BCUT2D eigenvalue weighted by Gasteiger charge is 2.08. The number of aryl methyl sites for hydroxylation is 2. The van der Waals surface area contributed by atoms with E-state index < -0.39 is 0 Å². The van der Waals surface area contributed by atoms with Crippen LogP contribution in [0.25, 0.3) is 0 Å². The molecule has 0 amide bonds. The molecule has 0 aliphatic carbocycles. The lowest BCUT2D eigenvalue weighted by molar-refractivity contribution is 0.112. The molecule has 0 aliphatic heterocycles. The van der Waals surface area contributed by atoms with Gasteiger partial charge in [-0.15, -0.1) is 0 Å². The Morgan fingerprint density at radius 3 is 2.56 bits per heavy atom. The predicted octanol–water partition coefficient (Wildman–Crippen LogP) is 3.35. The summed E-state index contributed by atoms with van der Waals surface area (Å²) in [5.41, 5.74) is 2.90. The van der Waals surface area contributed by atoms with Crippen molar-refractivity contribution in [1.82, 2.24) is 0 Å². The van der Waals surface area contributed by atoms with Gasteiger partial charge in [0.05, 0.1) is 6.54 Å². The first-order chi connectivity index (χ1) is 8.60. The van der Waals surface area contributed by atoms with Gasteiger partial charge < -0.3 is 9.32 Å². The van der Waals surface area contributed by atoms with Gasteiger partial charge in [0.25, 0.3) is 0 Å². The first-order valence-corrected chi connectivity index (χ1v) is 5.92. The van der Waals surface area contributed by atoms with Gasteiger partial charge in [-0.05, 0) is 49.7 Å². The van der Waals surface area contributed by atoms with Gasteiger partial charge in [-0.2, -0.15) is 0 Å². The highest BCUT2D eigenvalue weighted by Crippen LogP contribution is 2.22. The topological polar surface area (TPSA) is 33.5 Å². The Kier molecular flexibility index (Phi) is 3.51. The van der Waals surface area contributed by atoms with Crippen LogP contribution in [0.3, 0.4) is 0 Å². The molecule has 94 valence electrons. The number of nitrogens with zero attached hydrogens (tertiary/aromatic N) is 1. The number of anilines is 1. The summed E-state index contributed by atoms with van der Waals surface area (Å²) in [5.74, 6) is 1.86. The van der Waals surface area contributed by atoms with Crippen molar-refractivity contribution in [3.8, 4) is 0 Å². The lowest BCUT2D eigenvalue weighted by atomic mass is 10.1. The number of benzene rings is 1. The Labute approximate surface area is 107 Å². The van der Waals surface area contributed by atoms with Crippen LogP contribution in [0.2, 0.25) is 0 Å². The van der Waals surface area contributed by atoms with E-state index in [1.807, 2.05) is 51.2 Å². The number of carbonyl (C=O) groups excluding carboxylic acids is 1. The molecule has 0 spiro atoms. The van der Waals surface area contributed by atoms with Gasteiger partial charge >= 0.3 is 0 Å². The predicted molar refractivity (Wildman–Crippen MR) is 72.1 cm³/mol. The van der Waals surface area contributed by atoms with Gasteiger partial charge in [0.2, 0.25) is 0 Å². The molecule has 0 radical (unpaired) electrons. The quantitative estimate of drug-likeness (QED) is 0.772. The summed E-state index contributed by atoms with van der Waals surface area (Å²) in [4.78, 5) is 12.8. The van der Waals surface area contributed by atoms with Crippen molar-refractivity contribution in [2.24, 2.45) is 0 Å². The molecule has 3 heteroatoms. The molecular formula is C15H17NO2. The molecule has 0 N–H and O–H groups in total. The van der Waals surface area contributed by atoms with Crippen LogP contribution < -0.4 is 4.90 Å². The molecule has 2 aromatic rings. The summed E-state index contributed by atoms with van der Waals surface area (Å²) < 4.78 is 5.56. The third-order valence-corrected chi connectivity index (χ3v) is 2.96. The summed E-state index contributed by atoms with van der Waals surface area (Å²) in [6, 6.07) is 9.65. The van der Waals surface area contributed by atoms with Crippen molar-refractivity contribution in [3.05, 3.63) is 53.0 Å². The van der Waals surface area contributed by atoms with Crippen molar-refractivity contribution < 1.29 is 9.21 Å². The number of hydrogen-bond donors (Lipinski definition) is 0. The summed E-state index contributed by atoms with van der Waals surface area (Å²) in [5, 5.41) is 0. The summed E-state index contributed by atoms with van der Waals surface area (Å²) in [6.45, 7) is 4.66. The average molecular weight is 243 g/mol. The maximum atomic E-state index is 10.7. The molecule has 0 saturated heterocycles.